The van der Waals surface area contributed by atoms with Crippen molar-refractivity contribution in [2.75, 3.05) is 19.7 Å². The molecule has 1 saturated heterocycles. The minimum atomic E-state index is -0.149. The molecule has 0 aliphatic carbocycles. The number of hydrogen-bond donors (Lipinski definition) is 1. The Morgan fingerprint density at radius 3 is 3.04 bits per heavy atom. The molecule has 6 nitrogen and oxygen atoms in total. The largest absolute Gasteiger partial charge is 0.375 e. The molecule has 6 heteroatoms. The van der Waals surface area contributed by atoms with E-state index in [9.17, 15) is 9.59 Å². The summed E-state index contributed by atoms with van der Waals surface area (Å²) in [6.45, 7) is 3.80. The van der Waals surface area contributed by atoms with Crippen LogP contribution in [-0.4, -0.2) is 46.6 Å². The van der Waals surface area contributed by atoms with Gasteiger partial charge in [0.15, 0.2) is 0 Å². The van der Waals surface area contributed by atoms with Gasteiger partial charge in [-0.3, -0.25) is 9.59 Å². The standard InChI is InChI=1S/C19H23N3O3/c1-14-4-2-3-5-15(14)10-19(24)22-8-9-25-17(12-22)7-6-16-11-18(23)21-13-20-16/h2-5,11,13,17H,6-10,12H2,1H3,(H,20,21,23)/t17-/m0/s1. The fraction of sp³-hybridized carbons (Fsp3) is 0.421. The third-order valence-corrected chi connectivity index (χ3v) is 4.55. The number of nitrogens with zero attached hydrogens (tertiary/aromatic N) is 2. The molecule has 3 rings (SSSR count). The van der Waals surface area contributed by atoms with Crippen molar-refractivity contribution in [3.63, 3.8) is 0 Å². The summed E-state index contributed by atoms with van der Waals surface area (Å²) in [5.41, 5.74) is 2.81. The highest BCUT2D eigenvalue weighted by Crippen LogP contribution is 2.14. The summed E-state index contributed by atoms with van der Waals surface area (Å²) >= 11 is 0. The Labute approximate surface area is 146 Å². The van der Waals surface area contributed by atoms with Crippen molar-refractivity contribution in [2.45, 2.75) is 32.3 Å². The quantitative estimate of drug-likeness (QED) is 0.894. The number of carbonyl (C=O) groups is 1. The molecule has 1 aromatic heterocycles. The highest BCUT2D eigenvalue weighted by atomic mass is 16.5. The summed E-state index contributed by atoms with van der Waals surface area (Å²) < 4.78 is 5.78. The van der Waals surface area contributed by atoms with E-state index in [1.165, 1.54) is 12.4 Å². The highest BCUT2D eigenvalue weighted by molar-refractivity contribution is 5.79. The lowest BCUT2D eigenvalue weighted by molar-refractivity contribution is -0.138. The summed E-state index contributed by atoms with van der Waals surface area (Å²) in [6, 6.07) is 9.48. The number of nitrogens with one attached hydrogen (secondary N) is 1. The van der Waals surface area contributed by atoms with E-state index in [1.54, 1.807) is 0 Å². The summed E-state index contributed by atoms with van der Waals surface area (Å²) in [5, 5.41) is 0. The van der Waals surface area contributed by atoms with Crippen LogP contribution in [0.3, 0.4) is 0 Å². The predicted molar refractivity (Wildman–Crippen MR) is 94.4 cm³/mol. The van der Waals surface area contributed by atoms with E-state index >= 15 is 0 Å². The molecule has 0 bridgehead atoms. The van der Waals surface area contributed by atoms with E-state index in [2.05, 4.69) is 9.97 Å². The van der Waals surface area contributed by atoms with E-state index in [0.717, 1.165) is 23.2 Å². The van der Waals surface area contributed by atoms with Crippen LogP contribution in [0.15, 0.2) is 41.5 Å². The van der Waals surface area contributed by atoms with Crippen molar-refractivity contribution >= 4 is 5.91 Å². The first-order valence-electron chi connectivity index (χ1n) is 8.59. The Kier molecular flexibility index (Phi) is 5.60. The maximum Gasteiger partial charge on any atom is 0.250 e. The Morgan fingerprint density at radius 2 is 2.24 bits per heavy atom. The lowest BCUT2D eigenvalue weighted by Crippen LogP contribution is -2.46. The first kappa shape index (κ1) is 17.4. The van der Waals surface area contributed by atoms with Crippen LogP contribution in [0, 0.1) is 6.92 Å². The van der Waals surface area contributed by atoms with Crippen LogP contribution >= 0.6 is 0 Å². The first-order chi connectivity index (χ1) is 12.1. The maximum absolute atomic E-state index is 12.6. The number of amides is 1. The molecule has 1 fully saturated rings. The molecule has 0 spiro atoms. The van der Waals surface area contributed by atoms with Crippen molar-refractivity contribution in [3.8, 4) is 0 Å². The van der Waals surface area contributed by atoms with Gasteiger partial charge in [0, 0.05) is 24.8 Å². The fourth-order valence-corrected chi connectivity index (χ4v) is 3.06. The van der Waals surface area contributed by atoms with Crippen LogP contribution < -0.4 is 5.56 Å². The number of H-pyrrole nitrogens is 1. The third kappa shape index (κ3) is 4.76. The zero-order valence-corrected chi connectivity index (χ0v) is 14.4. The number of hydrogen-bond acceptors (Lipinski definition) is 4. The molecule has 1 N–H and O–H groups in total. The molecular formula is C19H23N3O3. The van der Waals surface area contributed by atoms with Gasteiger partial charge in [-0.2, -0.15) is 0 Å². The summed E-state index contributed by atoms with van der Waals surface area (Å²) in [7, 11) is 0. The molecule has 132 valence electrons. The van der Waals surface area contributed by atoms with Gasteiger partial charge in [0.2, 0.25) is 5.91 Å². The van der Waals surface area contributed by atoms with Gasteiger partial charge in [-0.25, -0.2) is 4.98 Å². The number of aromatic amines is 1. The summed E-state index contributed by atoms with van der Waals surface area (Å²) in [5.74, 6) is 0.136. The SMILES string of the molecule is Cc1ccccc1CC(=O)N1CCO[C@@H](CCc2cc(=O)[nH]cn2)C1. The average molecular weight is 341 g/mol. The highest BCUT2D eigenvalue weighted by Gasteiger charge is 2.24. The van der Waals surface area contributed by atoms with Crippen molar-refractivity contribution < 1.29 is 9.53 Å². The molecular weight excluding hydrogens is 318 g/mol. The molecule has 1 atom stereocenters. The first-order valence-corrected chi connectivity index (χ1v) is 8.59. The number of rotatable bonds is 5. The molecule has 0 saturated carbocycles. The monoisotopic (exact) mass is 341 g/mol. The minimum Gasteiger partial charge on any atom is -0.375 e. The fourth-order valence-electron chi connectivity index (χ4n) is 3.06. The molecule has 1 aliphatic rings. The van der Waals surface area contributed by atoms with E-state index in [-0.39, 0.29) is 17.6 Å². The topological polar surface area (TPSA) is 75.3 Å². The van der Waals surface area contributed by atoms with Gasteiger partial charge in [0.25, 0.3) is 5.56 Å². The zero-order chi connectivity index (χ0) is 17.6. The summed E-state index contributed by atoms with van der Waals surface area (Å²) in [4.78, 5) is 32.4. The number of carbonyl (C=O) groups excluding carboxylic acids is 1. The minimum absolute atomic E-state index is 0.0179. The number of ether oxygens (including phenoxy) is 1. The van der Waals surface area contributed by atoms with E-state index in [1.807, 2.05) is 36.1 Å². The Bertz CT molecular complexity index is 787. The van der Waals surface area contributed by atoms with Crippen molar-refractivity contribution in [2.24, 2.45) is 0 Å². The van der Waals surface area contributed by atoms with Crippen LogP contribution in [0.2, 0.25) is 0 Å². The molecule has 2 aromatic rings. The van der Waals surface area contributed by atoms with Gasteiger partial charge in [0.1, 0.15) is 0 Å². The molecule has 25 heavy (non-hydrogen) atoms. The van der Waals surface area contributed by atoms with Crippen LogP contribution in [-0.2, 0) is 22.4 Å². The molecule has 1 aliphatic heterocycles. The van der Waals surface area contributed by atoms with Crippen LogP contribution in [0.25, 0.3) is 0 Å². The molecule has 0 radical (unpaired) electrons. The lowest BCUT2D eigenvalue weighted by atomic mass is 10.0. The van der Waals surface area contributed by atoms with E-state index in [4.69, 9.17) is 4.74 Å². The number of aryl methyl sites for hydroxylation is 2. The summed E-state index contributed by atoms with van der Waals surface area (Å²) in [6.07, 6.45) is 3.22. The van der Waals surface area contributed by atoms with Gasteiger partial charge >= 0.3 is 0 Å². The molecule has 1 aromatic carbocycles. The number of morpholine rings is 1. The Morgan fingerprint density at radius 1 is 1.40 bits per heavy atom. The molecule has 1 amide bonds. The molecule has 2 heterocycles. The van der Waals surface area contributed by atoms with Crippen molar-refractivity contribution in [1.82, 2.24) is 14.9 Å². The van der Waals surface area contributed by atoms with Crippen molar-refractivity contribution in [1.29, 1.82) is 0 Å². The second-order valence-electron chi connectivity index (χ2n) is 6.38. The Hall–Kier alpha value is -2.47. The Balaban J connectivity index is 1.54. The number of aromatic nitrogens is 2. The third-order valence-electron chi connectivity index (χ3n) is 4.55. The second-order valence-corrected chi connectivity index (χ2v) is 6.38. The smallest absolute Gasteiger partial charge is 0.250 e. The van der Waals surface area contributed by atoms with Crippen molar-refractivity contribution in [3.05, 3.63) is 63.8 Å². The van der Waals surface area contributed by atoms with Crippen LogP contribution in [0.5, 0.6) is 0 Å². The van der Waals surface area contributed by atoms with Gasteiger partial charge in [-0.15, -0.1) is 0 Å². The number of benzene rings is 1. The van der Waals surface area contributed by atoms with E-state index < -0.39 is 0 Å². The van der Waals surface area contributed by atoms with E-state index in [0.29, 0.717) is 32.5 Å². The zero-order valence-electron chi connectivity index (χ0n) is 14.4. The van der Waals surface area contributed by atoms with Gasteiger partial charge in [-0.05, 0) is 30.9 Å². The maximum atomic E-state index is 12.6. The average Bonchev–Trinajstić information content (AvgIpc) is 2.62. The van der Waals surface area contributed by atoms with Gasteiger partial charge < -0.3 is 14.6 Å². The van der Waals surface area contributed by atoms with Crippen LogP contribution in [0.4, 0.5) is 0 Å². The molecule has 0 unspecified atom stereocenters. The van der Waals surface area contributed by atoms with Crippen LogP contribution in [0.1, 0.15) is 23.2 Å². The predicted octanol–water partition coefficient (Wildman–Crippen LogP) is 1.48. The van der Waals surface area contributed by atoms with Gasteiger partial charge in [-0.1, -0.05) is 24.3 Å². The lowest BCUT2D eigenvalue weighted by Gasteiger charge is -2.33. The second kappa shape index (κ2) is 8.07. The normalized spacial score (nSPS) is 17.5. The van der Waals surface area contributed by atoms with Gasteiger partial charge in [0.05, 0.1) is 25.5 Å².